The van der Waals surface area contributed by atoms with Crippen molar-refractivity contribution in [3.8, 4) is 17.9 Å². The molecule has 0 N–H and O–H groups in total. The molecule has 0 heterocycles. The summed E-state index contributed by atoms with van der Waals surface area (Å²) in [7, 11) is 0. The highest BCUT2D eigenvalue weighted by molar-refractivity contribution is 5.52. The molecule has 80 valence electrons. The fourth-order valence-electron chi connectivity index (χ4n) is 1.35. The van der Waals surface area contributed by atoms with Crippen LogP contribution in [0.25, 0.3) is 0 Å². The van der Waals surface area contributed by atoms with Gasteiger partial charge in [-0.2, -0.15) is 5.26 Å². The van der Waals surface area contributed by atoms with Crippen LogP contribution < -0.4 is 0 Å². The molecule has 1 aromatic rings. The monoisotopic (exact) mass is 214 g/mol. The van der Waals surface area contributed by atoms with Crippen molar-refractivity contribution >= 4 is 5.69 Å². The van der Waals surface area contributed by atoms with Crippen molar-refractivity contribution < 1.29 is 4.92 Å². The highest BCUT2D eigenvalue weighted by atomic mass is 16.6. The first-order valence-electron chi connectivity index (χ1n) is 4.67. The highest BCUT2D eigenvalue weighted by Crippen LogP contribution is 2.21. The first-order valence-corrected chi connectivity index (χ1v) is 4.67. The molecule has 1 aromatic carbocycles. The number of rotatable bonds is 1. The van der Waals surface area contributed by atoms with Gasteiger partial charge in [0.1, 0.15) is 0 Å². The molecule has 0 atom stereocenters. The van der Waals surface area contributed by atoms with Crippen LogP contribution in [0.2, 0.25) is 0 Å². The second-order valence-corrected chi connectivity index (χ2v) is 3.35. The van der Waals surface area contributed by atoms with Crippen LogP contribution >= 0.6 is 0 Å². The summed E-state index contributed by atoms with van der Waals surface area (Å²) in [5, 5.41) is 19.1. The molecule has 0 spiro atoms. The Morgan fingerprint density at radius 3 is 2.62 bits per heavy atom. The summed E-state index contributed by atoms with van der Waals surface area (Å²) in [6.45, 7) is 3.53. The normalized spacial score (nSPS) is 8.81. The number of hydrogen-bond acceptors (Lipinski definition) is 3. The van der Waals surface area contributed by atoms with Crippen LogP contribution in [0.3, 0.4) is 0 Å². The van der Waals surface area contributed by atoms with Crippen LogP contribution in [0.5, 0.6) is 0 Å². The fourth-order valence-corrected chi connectivity index (χ4v) is 1.35. The van der Waals surface area contributed by atoms with E-state index in [0.717, 1.165) is 5.56 Å². The minimum atomic E-state index is -0.426. The Kier molecular flexibility index (Phi) is 3.63. The third-order valence-electron chi connectivity index (χ3n) is 2.13. The average molecular weight is 214 g/mol. The van der Waals surface area contributed by atoms with Crippen molar-refractivity contribution in [2.24, 2.45) is 0 Å². The lowest BCUT2D eigenvalue weighted by Gasteiger charge is -2.01. The lowest BCUT2D eigenvalue weighted by molar-refractivity contribution is -0.385. The van der Waals surface area contributed by atoms with Gasteiger partial charge in [-0.3, -0.25) is 10.1 Å². The van der Waals surface area contributed by atoms with Crippen molar-refractivity contribution in [3.63, 3.8) is 0 Å². The highest BCUT2D eigenvalue weighted by Gasteiger charge is 2.12. The molecule has 0 aliphatic rings. The molecule has 0 fully saturated rings. The summed E-state index contributed by atoms with van der Waals surface area (Å²) in [5.74, 6) is 5.40. The van der Waals surface area contributed by atoms with Crippen molar-refractivity contribution in [2.75, 3.05) is 0 Å². The van der Waals surface area contributed by atoms with E-state index < -0.39 is 4.92 Å². The summed E-state index contributed by atoms with van der Waals surface area (Å²) < 4.78 is 0. The molecule has 16 heavy (non-hydrogen) atoms. The van der Waals surface area contributed by atoms with Crippen LogP contribution in [0.1, 0.15) is 23.1 Å². The molecular formula is C12H10N2O2. The summed E-state index contributed by atoms with van der Waals surface area (Å²) in [5.41, 5.74) is 2.17. The van der Waals surface area contributed by atoms with Crippen LogP contribution in [-0.4, -0.2) is 4.92 Å². The molecule has 0 bridgehead atoms. The zero-order valence-electron chi connectivity index (χ0n) is 9.07. The number of aryl methyl sites for hydroxylation is 2. The van der Waals surface area contributed by atoms with Gasteiger partial charge in [0.05, 0.1) is 17.4 Å². The molecule has 0 saturated carbocycles. The largest absolute Gasteiger partial charge is 0.273 e. The van der Waals surface area contributed by atoms with Crippen molar-refractivity contribution in [1.82, 2.24) is 0 Å². The van der Waals surface area contributed by atoms with E-state index in [4.69, 9.17) is 5.26 Å². The Morgan fingerprint density at radius 2 is 2.06 bits per heavy atom. The van der Waals surface area contributed by atoms with Gasteiger partial charge in [-0.25, -0.2) is 0 Å². The molecule has 0 amide bonds. The van der Waals surface area contributed by atoms with Gasteiger partial charge in [0.2, 0.25) is 0 Å². The fraction of sp³-hybridized carbons (Fsp3) is 0.250. The quantitative estimate of drug-likeness (QED) is 0.409. The lowest BCUT2D eigenvalue weighted by Crippen LogP contribution is -1.94. The van der Waals surface area contributed by atoms with Crippen LogP contribution in [0, 0.1) is 47.1 Å². The molecule has 0 saturated heterocycles. The van der Waals surface area contributed by atoms with E-state index in [1.807, 2.05) is 13.0 Å². The number of benzene rings is 1. The SMILES string of the molecule is Cc1cc(C)c([N+](=O)[O-])cc1C#CCC#N. The number of nitriles is 1. The molecule has 1 rings (SSSR count). The third kappa shape index (κ3) is 2.59. The standard InChI is InChI=1S/C12H10N2O2/c1-9-7-10(2)12(14(15)16)8-11(9)5-3-4-6-13/h7-8H,4H2,1-2H3. The van der Waals surface area contributed by atoms with Gasteiger partial charge in [-0.05, 0) is 25.5 Å². The van der Waals surface area contributed by atoms with Gasteiger partial charge in [-0.15, -0.1) is 0 Å². The Bertz CT molecular complexity index is 530. The molecular weight excluding hydrogens is 204 g/mol. The zero-order chi connectivity index (χ0) is 12.1. The molecule has 0 aromatic heterocycles. The van der Waals surface area contributed by atoms with Crippen LogP contribution in [0.4, 0.5) is 5.69 Å². The van der Waals surface area contributed by atoms with Gasteiger partial charge < -0.3 is 0 Å². The predicted molar refractivity (Wildman–Crippen MR) is 59.7 cm³/mol. The van der Waals surface area contributed by atoms with Crippen molar-refractivity contribution in [1.29, 1.82) is 5.26 Å². The van der Waals surface area contributed by atoms with E-state index in [0.29, 0.717) is 11.1 Å². The summed E-state index contributed by atoms with van der Waals surface area (Å²) >= 11 is 0. The maximum atomic E-state index is 10.7. The number of hydrogen-bond donors (Lipinski definition) is 0. The van der Waals surface area contributed by atoms with Gasteiger partial charge in [0.25, 0.3) is 5.69 Å². The molecule has 0 radical (unpaired) electrons. The first-order chi connectivity index (χ1) is 7.56. The molecule has 4 nitrogen and oxygen atoms in total. The van der Waals surface area contributed by atoms with Gasteiger partial charge in [-0.1, -0.05) is 11.8 Å². The van der Waals surface area contributed by atoms with Crippen LogP contribution in [-0.2, 0) is 0 Å². The number of nitro benzene ring substituents is 1. The van der Waals surface area contributed by atoms with E-state index in [9.17, 15) is 10.1 Å². The van der Waals surface area contributed by atoms with E-state index >= 15 is 0 Å². The Morgan fingerprint density at radius 1 is 1.38 bits per heavy atom. The van der Waals surface area contributed by atoms with Crippen molar-refractivity contribution in [2.45, 2.75) is 20.3 Å². The molecule has 0 aliphatic carbocycles. The van der Waals surface area contributed by atoms with Crippen molar-refractivity contribution in [3.05, 3.63) is 38.9 Å². The average Bonchev–Trinajstić information content (AvgIpc) is 2.21. The number of nitrogens with zero attached hydrogens (tertiary/aromatic N) is 2. The Labute approximate surface area is 93.7 Å². The van der Waals surface area contributed by atoms with Crippen LogP contribution in [0.15, 0.2) is 12.1 Å². The second kappa shape index (κ2) is 4.95. The maximum absolute atomic E-state index is 10.7. The maximum Gasteiger partial charge on any atom is 0.273 e. The smallest absolute Gasteiger partial charge is 0.258 e. The summed E-state index contributed by atoms with van der Waals surface area (Å²) in [6, 6.07) is 5.08. The lowest BCUT2D eigenvalue weighted by atomic mass is 10.0. The van der Waals surface area contributed by atoms with E-state index in [1.54, 1.807) is 13.0 Å². The van der Waals surface area contributed by atoms with Gasteiger partial charge in [0.15, 0.2) is 0 Å². The third-order valence-corrected chi connectivity index (χ3v) is 2.13. The zero-order valence-corrected chi connectivity index (χ0v) is 9.07. The molecule has 0 aliphatic heterocycles. The van der Waals surface area contributed by atoms with Gasteiger partial charge in [0, 0.05) is 17.2 Å². The minimum absolute atomic E-state index is 0.0619. The Hall–Kier alpha value is -2.33. The Balaban J connectivity index is 3.22. The topological polar surface area (TPSA) is 66.9 Å². The van der Waals surface area contributed by atoms with E-state index in [-0.39, 0.29) is 12.1 Å². The summed E-state index contributed by atoms with van der Waals surface area (Å²) in [6.07, 6.45) is 0.126. The van der Waals surface area contributed by atoms with Gasteiger partial charge >= 0.3 is 0 Å². The predicted octanol–water partition coefficient (Wildman–Crippen LogP) is 2.48. The van der Waals surface area contributed by atoms with E-state index in [1.165, 1.54) is 6.07 Å². The summed E-state index contributed by atoms with van der Waals surface area (Å²) in [4.78, 5) is 10.3. The minimum Gasteiger partial charge on any atom is -0.258 e. The first kappa shape index (κ1) is 11.7. The number of nitro groups is 1. The second-order valence-electron chi connectivity index (χ2n) is 3.35. The molecule has 4 heteroatoms. The molecule has 0 unspecified atom stereocenters. The van der Waals surface area contributed by atoms with E-state index in [2.05, 4.69) is 11.8 Å².